The number of aryl methyl sites for hydroxylation is 1. The maximum atomic E-state index is 12.4. The van der Waals surface area contributed by atoms with Crippen molar-refractivity contribution in [2.24, 2.45) is 7.05 Å². The molecule has 0 saturated heterocycles. The van der Waals surface area contributed by atoms with Gasteiger partial charge in [-0.2, -0.15) is 4.31 Å². The maximum absolute atomic E-state index is 12.4. The predicted molar refractivity (Wildman–Crippen MR) is 138 cm³/mol. The van der Waals surface area contributed by atoms with Crippen LogP contribution in [-0.2, 0) is 36.7 Å². The predicted octanol–water partition coefficient (Wildman–Crippen LogP) is 3.76. The molecule has 0 fully saturated rings. The Balaban J connectivity index is 1.94. The Hall–Kier alpha value is -2.43. The van der Waals surface area contributed by atoms with Crippen molar-refractivity contribution < 1.29 is 18.3 Å². The summed E-state index contributed by atoms with van der Waals surface area (Å²) in [6.45, 7) is 8.73. The van der Waals surface area contributed by atoms with Crippen LogP contribution in [-0.4, -0.2) is 75.7 Å². The molecule has 0 atom stereocenters. The van der Waals surface area contributed by atoms with Crippen LogP contribution in [0.2, 0.25) is 0 Å². The fourth-order valence-corrected chi connectivity index (χ4v) is 4.88. The number of unbranched alkanes of at least 4 members (excludes halogenated alkanes) is 1. The summed E-state index contributed by atoms with van der Waals surface area (Å²) in [4.78, 5) is 19.7. The zero-order chi connectivity index (χ0) is 25.8. The van der Waals surface area contributed by atoms with Gasteiger partial charge in [-0.05, 0) is 56.4 Å². The number of hydrogen-bond acceptors (Lipinski definition) is 5. The molecule has 0 spiro atoms. The van der Waals surface area contributed by atoms with Crippen LogP contribution in [0.15, 0.2) is 36.7 Å². The highest BCUT2D eigenvalue weighted by Crippen LogP contribution is 2.14. The van der Waals surface area contributed by atoms with E-state index in [0.29, 0.717) is 18.9 Å². The van der Waals surface area contributed by atoms with Crippen molar-refractivity contribution in [1.82, 2.24) is 23.7 Å². The summed E-state index contributed by atoms with van der Waals surface area (Å²) in [5.41, 5.74) is 1.71. The van der Waals surface area contributed by atoms with Gasteiger partial charge in [0.05, 0.1) is 12.8 Å². The first-order chi connectivity index (χ1) is 16.6. The average Bonchev–Trinajstić information content (AvgIpc) is 3.20. The van der Waals surface area contributed by atoms with E-state index < -0.39 is 16.1 Å². The molecule has 0 bridgehead atoms. The van der Waals surface area contributed by atoms with E-state index in [1.807, 2.05) is 31.3 Å². The minimum absolute atomic E-state index is 0.191. The van der Waals surface area contributed by atoms with Crippen molar-refractivity contribution in [1.29, 1.82) is 0 Å². The quantitative estimate of drug-likeness (QED) is 0.347. The third-order valence-corrected chi connectivity index (χ3v) is 7.21. The lowest BCUT2D eigenvalue weighted by Crippen LogP contribution is -2.32. The Bertz CT molecular complexity index is 1000. The molecule has 9 nitrogen and oxygen atoms in total. The summed E-state index contributed by atoms with van der Waals surface area (Å²) in [5, 5.41) is 9.60. The van der Waals surface area contributed by atoms with E-state index >= 15 is 0 Å². The second kappa shape index (κ2) is 14.2. The zero-order valence-corrected chi connectivity index (χ0v) is 22.4. The normalized spacial score (nSPS) is 11.9. The van der Waals surface area contributed by atoms with Crippen LogP contribution in [0.1, 0.15) is 56.5 Å². The number of carboxylic acid groups (broad SMARTS) is 1. The van der Waals surface area contributed by atoms with Gasteiger partial charge in [0.15, 0.2) is 0 Å². The topological polar surface area (TPSA) is 99.0 Å². The summed E-state index contributed by atoms with van der Waals surface area (Å²) >= 11 is 0. The number of aromatic nitrogens is 2. The van der Waals surface area contributed by atoms with Gasteiger partial charge in [0.2, 0.25) is 10.0 Å². The van der Waals surface area contributed by atoms with Crippen molar-refractivity contribution >= 4 is 16.1 Å². The molecule has 1 aromatic heterocycles. The van der Waals surface area contributed by atoms with Gasteiger partial charge < -0.3 is 14.6 Å². The number of hydrogen-bond donors (Lipinski definition) is 1. The van der Waals surface area contributed by atoms with Gasteiger partial charge in [0.1, 0.15) is 5.82 Å². The molecule has 1 aromatic carbocycles. The van der Waals surface area contributed by atoms with Crippen LogP contribution >= 0.6 is 0 Å². The van der Waals surface area contributed by atoms with E-state index in [0.717, 1.165) is 56.4 Å². The summed E-state index contributed by atoms with van der Waals surface area (Å²) < 4.78 is 28.1. The lowest BCUT2D eigenvalue weighted by atomic mass is 10.1. The summed E-state index contributed by atoms with van der Waals surface area (Å²) in [6, 6.07) is 7.46. The molecule has 2 aromatic rings. The minimum atomic E-state index is -3.33. The summed E-state index contributed by atoms with van der Waals surface area (Å²) in [7, 11) is -1.50. The number of imidazole rings is 1. The maximum Gasteiger partial charge on any atom is 0.408 e. The molecule has 0 saturated carbocycles. The Morgan fingerprint density at radius 3 is 2.00 bits per heavy atom. The van der Waals surface area contributed by atoms with Crippen molar-refractivity contribution in [3.63, 3.8) is 0 Å². The van der Waals surface area contributed by atoms with Crippen LogP contribution in [0.3, 0.4) is 0 Å². The number of sulfonamides is 1. The summed E-state index contributed by atoms with van der Waals surface area (Å²) in [6.07, 6.45) is 7.69. The first-order valence-corrected chi connectivity index (χ1v) is 14.2. The third kappa shape index (κ3) is 9.99. The van der Waals surface area contributed by atoms with Gasteiger partial charge in [0, 0.05) is 39.1 Å². The van der Waals surface area contributed by atoms with Crippen LogP contribution in [0.5, 0.6) is 0 Å². The van der Waals surface area contributed by atoms with Gasteiger partial charge in [-0.15, -0.1) is 0 Å². The Kier molecular flexibility index (Phi) is 11.7. The molecule has 0 aliphatic heterocycles. The van der Waals surface area contributed by atoms with Gasteiger partial charge >= 0.3 is 6.09 Å². The first-order valence-electron chi connectivity index (χ1n) is 12.3. The molecule has 1 amide bonds. The van der Waals surface area contributed by atoms with Crippen molar-refractivity contribution in [2.75, 3.05) is 32.4 Å². The van der Waals surface area contributed by atoms with E-state index in [4.69, 9.17) is 0 Å². The van der Waals surface area contributed by atoms with Gasteiger partial charge in [-0.25, -0.2) is 18.2 Å². The molecule has 10 heteroatoms. The fourth-order valence-electron chi connectivity index (χ4n) is 4.04. The minimum Gasteiger partial charge on any atom is -0.465 e. The highest BCUT2D eigenvalue weighted by atomic mass is 32.2. The number of nitrogens with zero attached hydrogens (tertiary/aromatic N) is 5. The van der Waals surface area contributed by atoms with E-state index in [1.54, 1.807) is 17.0 Å². The molecule has 2 rings (SSSR count). The highest BCUT2D eigenvalue weighted by Gasteiger charge is 2.18. The van der Waals surface area contributed by atoms with Crippen molar-refractivity contribution in [2.45, 2.75) is 59.2 Å². The van der Waals surface area contributed by atoms with Crippen LogP contribution in [0, 0.1) is 0 Å². The molecule has 1 heterocycles. The Labute approximate surface area is 210 Å². The molecule has 0 radical (unpaired) electrons. The highest BCUT2D eigenvalue weighted by molar-refractivity contribution is 7.88. The monoisotopic (exact) mass is 507 g/mol. The molecule has 35 heavy (non-hydrogen) atoms. The standard InChI is InChI=1S/C25H41N5O4S/c1-5-14-28(15-6-2)16-7-8-17-30(35(4,33)34)20-23-11-9-22(10-12-23)19-29(25(31)32)21-24-26-13-18-27(24)3/h9-13,18H,5-8,14-17,19-21H2,1-4H3,(H,31,32). The molecular weight excluding hydrogens is 466 g/mol. The third-order valence-electron chi connectivity index (χ3n) is 5.96. The van der Waals surface area contributed by atoms with E-state index in [-0.39, 0.29) is 13.1 Å². The van der Waals surface area contributed by atoms with Crippen LogP contribution in [0.25, 0.3) is 0 Å². The Morgan fingerprint density at radius 2 is 1.51 bits per heavy atom. The first kappa shape index (κ1) is 28.8. The molecule has 0 aliphatic carbocycles. The second-order valence-electron chi connectivity index (χ2n) is 9.05. The zero-order valence-electron chi connectivity index (χ0n) is 21.6. The lowest BCUT2D eigenvalue weighted by Gasteiger charge is -2.23. The molecule has 1 N–H and O–H groups in total. The van der Waals surface area contributed by atoms with Crippen LogP contribution < -0.4 is 0 Å². The van der Waals surface area contributed by atoms with Crippen molar-refractivity contribution in [3.8, 4) is 0 Å². The average molecular weight is 508 g/mol. The number of benzene rings is 1. The Morgan fingerprint density at radius 1 is 0.943 bits per heavy atom. The van der Waals surface area contributed by atoms with Crippen LogP contribution in [0.4, 0.5) is 4.79 Å². The van der Waals surface area contributed by atoms with E-state index in [1.165, 1.54) is 15.5 Å². The second-order valence-corrected chi connectivity index (χ2v) is 11.0. The van der Waals surface area contributed by atoms with Crippen molar-refractivity contribution in [3.05, 3.63) is 53.6 Å². The molecule has 0 unspecified atom stereocenters. The largest absolute Gasteiger partial charge is 0.465 e. The molecule has 0 aliphatic rings. The smallest absolute Gasteiger partial charge is 0.408 e. The fraction of sp³-hybridized carbons (Fsp3) is 0.600. The summed E-state index contributed by atoms with van der Waals surface area (Å²) in [5.74, 6) is 0.667. The number of carbonyl (C=O) groups is 1. The molecular formula is C25H41N5O4S. The SMILES string of the molecule is CCCN(CCC)CCCCN(Cc1ccc(CN(Cc2nccn2C)C(=O)O)cc1)S(C)(=O)=O. The van der Waals surface area contributed by atoms with Gasteiger partial charge in [0.25, 0.3) is 0 Å². The van der Waals surface area contributed by atoms with E-state index in [2.05, 4.69) is 23.7 Å². The molecule has 196 valence electrons. The van der Waals surface area contributed by atoms with Gasteiger partial charge in [-0.3, -0.25) is 4.90 Å². The lowest BCUT2D eigenvalue weighted by molar-refractivity contribution is 0.137. The number of amides is 1. The van der Waals surface area contributed by atoms with Gasteiger partial charge in [-0.1, -0.05) is 38.1 Å². The number of rotatable bonds is 16. The van der Waals surface area contributed by atoms with E-state index in [9.17, 15) is 18.3 Å².